The first kappa shape index (κ1) is 19.3. The van der Waals surface area contributed by atoms with Gasteiger partial charge in [0.25, 0.3) is 5.91 Å². The van der Waals surface area contributed by atoms with Gasteiger partial charge in [0, 0.05) is 0 Å². The molecule has 0 saturated heterocycles. The SMILES string of the molecule is COc1cccc2sc(NC(=O)c3sc(COc4ccc(F)cc4)nc3C)nc12. The molecule has 2 aromatic heterocycles. The first-order valence-electron chi connectivity index (χ1n) is 8.63. The highest BCUT2D eigenvalue weighted by molar-refractivity contribution is 7.22. The second-order valence-corrected chi connectivity index (χ2v) is 8.16. The molecular formula is C20H16FN3O3S2. The molecule has 4 rings (SSSR count). The second-order valence-electron chi connectivity index (χ2n) is 6.04. The molecule has 0 spiro atoms. The van der Waals surface area contributed by atoms with E-state index in [-0.39, 0.29) is 18.3 Å². The van der Waals surface area contributed by atoms with E-state index in [1.165, 1.54) is 34.8 Å². The molecule has 9 heteroatoms. The van der Waals surface area contributed by atoms with E-state index in [1.807, 2.05) is 18.2 Å². The zero-order chi connectivity index (χ0) is 20.4. The summed E-state index contributed by atoms with van der Waals surface area (Å²) in [4.78, 5) is 22.1. The van der Waals surface area contributed by atoms with Gasteiger partial charge in [0.1, 0.15) is 39.3 Å². The summed E-state index contributed by atoms with van der Waals surface area (Å²) in [6, 6.07) is 11.4. The number of hydrogen-bond acceptors (Lipinski definition) is 7. The van der Waals surface area contributed by atoms with Crippen LogP contribution in [0.2, 0.25) is 0 Å². The van der Waals surface area contributed by atoms with Crippen molar-refractivity contribution in [2.24, 2.45) is 0 Å². The lowest BCUT2D eigenvalue weighted by atomic mass is 10.3. The van der Waals surface area contributed by atoms with E-state index in [0.717, 1.165) is 4.70 Å². The van der Waals surface area contributed by atoms with Crippen molar-refractivity contribution >= 4 is 43.9 Å². The Kier molecular flexibility index (Phi) is 5.41. The molecule has 6 nitrogen and oxygen atoms in total. The highest BCUT2D eigenvalue weighted by atomic mass is 32.1. The number of para-hydroxylation sites is 1. The van der Waals surface area contributed by atoms with Crippen LogP contribution in [0.5, 0.6) is 11.5 Å². The third-order valence-electron chi connectivity index (χ3n) is 4.05. The molecule has 0 aliphatic heterocycles. The number of amides is 1. The predicted octanol–water partition coefficient (Wildman–Crippen LogP) is 5.04. The van der Waals surface area contributed by atoms with Crippen LogP contribution in [-0.4, -0.2) is 23.0 Å². The van der Waals surface area contributed by atoms with E-state index >= 15 is 0 Å². The highest BCUT2D eigenvalue weighted by Gasteiger charge is 2.18. The molecule has 1 N–H and O–H groups in total. The van der Waals surface area contributed by atoms with Gasteiger partial charge in [-0.15, -0.1) is 11.3 Å². The number of methoxy groups -OCH3 is 1. The van der Waals surface area contributed by atoms with Crippen LogP contribution in [-0.2, 0) is 6.61 Å². The molecule has 0 bridgehead atoms. The fourth-order valence-electron chi connectivity index (χ4n) is 2.70. The zero-order valence-corrected chi connectivity index (χ0v) is 17.2. The number of halogens is 1. The number of benzene rings is 2. The number of carbonyl (C=O) groups is 1. The second kappa shape index (κ2) is 8.14. The molecule has 148 valence electrons. The maximum atomic E-state index is 13.0. The number of thiazole rings is 2. The molecule has 4 aromatic rings. The fraction of sp³-hybridized carbons (Fsp3) is 0.150. The quantitative estimate of drug-likeness (QED) is 0.465. The van der Waals surface area contributed by atoms with Crippen molar-refractivity contribution in [2.75, 3.05) is 12.4 Å². The Balaban J connectivity index is 1.47. The Bertz CT molecular complexity index is 1170. The summed E-state index contributed by atoms with van der Waals surface area (Å²) in [6.45, 7) is 1.97. The Morgan fingerprint density at radius 1 is 1.14 bits per heavy atom. The molecule has 0 atom stereocenters. The Hall–Kier alpha value is -3.04. The smallest absolute Gasteiger partial charge is 0.269 e. The van der Waals surface area contributed by atoms with Crippen molar-refractivity contribution in [1.29, 1.82) is 0 Å². The normalized spacial score (nSPS) is 10.9. The summed E-state index contributed by atoms with van der Waals surface area (Å²) >= 11 is 2.63. The van der Waals surface area contributed by atoms with E-state index in [4.69, 9.17) is 9.47 Å². The first-order valence-corrected chi connectivity index (χ1v) is 10.3. The van der Waals surface area contributed by atoms with Gasteiger partial charge in [-0.05, 0) is 43.3 Å². The standard InChI is InChI=1S/C20H16FN3O3S2/c1-11-18(29-16(22-11)10-27-13-8-6-12(21)7-9-13)19(25)24-20-23-17-14(26-2)4-3-5-15(17)28-20/h3-9H,10H2,1-2H3,(H,23,24,25). The summed E-state index contributed by atoms with van der Waals surface area (Å²) < 4.78 is 24.8. The number of carbonyl (C=O) groups excluding carboxylic acids is 1. The Morgan fingerprint density at radius 2 is 1.93 bits per heavy atom. The maximum Gasteiger partial charge on any atom is 0.269 e. The molecule has 0 aliphatic carbocycles. The zero-order valence-electron chi connectivity index (χ0n) is 15.6. The summed E-state index contributed by atoms with van der Waals surface area (Å²) in [5, 5.41) is 3.98. The maximum absolute atomic E-state index is 13.0. The van der Waals surface area contributed by atoms with Crippen LogP contribution in [0.4, 0.5) is 9.52 Å². The van der Waals surface area contributed by atoms with Crippen LogP contribution in [0.25, 0.3) is 10.2 Å². The number of nitrogens with one attached hydrogen (secondary N) is 1. The van der Waals surface area contributed by atoms with Crippen LogP contribution in [0.1, 0.15) is 20.4 Å². The van der Waals surface area contributed by atoms with E-state index < -0.39 is 0 Å². The van der Waals surface area contributed by atoms with Crippen molar-refractivity contribution < 1.29 is 18.7 Å². The topological polar surface area (TPSA) is 73.3 Å². The van der Waals surface area contributed by atoms with Crippen LogP contribution in [0.3, 0.4) is 0 Å². The van der Waals surface area contributed by atoms with Crippen LogP contribution >= 0.6 is 22.7 Å². The molecule has 0 fully saturated rings. The number of ether oxygens (including phenoxy) is 2. The average Bonchev–Trinajstić information content (AvgIpc) is 3.29. The van der Waals surface area contributed by atoms with E-state index in [0.29, 0.717) is 37.7 Å². The van der Waals surface area contributed by atoms with Gasteiger partial charge < -0.3 is 9.47 Å². The van der Waals surface area contributed by atoms with Crippen molar-refractivity contribution in [3.8, 4) is 11.5 Å². The lowest BCUT2D eigenvalue weighted by Gasteiger charge is -2.03. The van der Waals surface area contributed by atoms with Crippen LogP contribution in [0, 0.1) is 12.7 Å². The van der Waals surface area contributed by atoms with Crippen molar-refractivity contribution in [3.05, 3.63) is 63.9 Å². The van der Waals surface area contributed by atoms with E-state index in [1.54, 1.807) is 26.2 Å². The summed E-state index contributed by atoms with van der Waals surface area (Å²) in [6.07, 6.45) is 0. The minimum Gasteiger partial charge on any atom is -0.494 e. The molecule has 29 heavy (non-hydrogen) atoms. The molecule has 0 radical (unpaired) electrons. The Morgan fingerprint density at radius 3 is 2.69 bits per heavy atom. The number of hydrogen-bond donors (Lipinski definition) is 1. The minimum absolute atomic E-state index is 0.197. The number of fused-ring (bicyclic) bond motifs is 1. The summed E-state index contributed by atoms with van der Waals surface area (Å²) in [7, 11) is 1.59. The van der Waals surface area contributed by atoms with Crippen LogP contribution < -0.4 is 14.8 Å². The third-order valence-corrected chi connectivity index (χ3v) is 6.11. The van der Waals surface area contributed by atoms with E-state index in [2.05, 4.69) is 15.3 Å². The third kappa shape index (κ3) is 4.20. The van der Waals surface area contributed by atoms with Crippen molar-refractivity contribution in [1.82, 2.24) is 9.97 Å². The molecule has 0 aliphatic rings. The average molecular weight is 429 g/mol. The van der Waals surface area contributed by atoms with E-state index in [9.17, 15) is 9.18 Å². The van der Waals surface area contributed by atoms with Crippen LogP contribution in [0.15, 0.2) is 42.5 Å². The number of aromatic nitrogens is 2. The summed E-state index contributed by atoms with van der Waals surface area (Å²) in [5.74, 6) is 0.599. The summed E-state index contributed by atoms with van der Waals surface area (Å²) in [5.41, 5.74) is 1.33. The minimum atomic E-state index is -0.325. The molecule has 2 aromatic carbocycles. The number of nitrogens with zero attached hydrogens (tertiary/aromatic N) is 2. The predicted molar refractivity (Wildman–Crippen MR) is 112 cm³/mol. The Labute approximate surface area is 174 Å². The lowest BCUT2D eigenvalue weighted by Crippen LogP contribution is -2.11. The molecule has 2 heterocycles. The largest absolute Gasteiger partial charge is 0.494 e. The van der Waals surface area contributed by atoms with Gasteiger partial charge in [-0.25, -0.2) is 14.4 Å². The molecular weight excluding hydrogens is 413 g/mol. The fourth-order valence-corrected chi connectivity index (χ4v) is 4.45. The number of aryl methyl sites for hydroxylation is 1. The lowest BCUT2D eigenvalue weighted by molar-refractivity contribution is 0.103. The number of anilines is 1. The first-order chi connectivity index (χ1) is 14.0. The van der Waals surface area contributed by atoms with Gasteiger partial charge in [-0.3, -0.25) is 10.1 Å². The van der Waals surface area contributed by atoms with Crippen molar-refractivity contribution in [2.45, 2.75) is 13.5 Å². The molecule has 1 amide bonds. The highest BCUT2D eigenvalue weighted by Crippen LogP contribution is 2.32. The van der Waals surface area contributed by atoms with Gasteiger partial charge >= 0.3 is 0 Å². The van der Waals surface area contributed by atoms with Gasteiger partial charge in [0.15, 0.2) is 5.13 Å². The molecule has 0 saturated carbocycles. The molecule has 0 unspecified atom stereocenters. The monoisotopic (exact) mass is 429 g/mol. The van der Waals surface area contributed by atoms with Gasteiger partial charge in [0.2, 0.25) is 0 Å². The van der Waals surface area contributed by atoms with Gasteiger partial charge in [0.05, 0.1) is 17.5 Å². The van der Waals surface area contributed by atoms with Gasteiger partial charge in [-0.1, -0.05) is 17.4 Å². The van der Waals surface area contributed by atoms with Crippen molar-refractivity contribution in [3.63, 3.8) is 0 Å². The number of rotatable bonds is 6. The van der Waals surface area contributed by atoms with Gasteiger partial charge in [-0.2, -0.15) is 0 Å².